The summed E-state index contributed by atoms with van der Waals surface area (Å²) >= 11 is 0. The Balaban J connectivity index is 2.03. The highest BCUT2D eigenvalue weighted by atomic mass is 32.2. The summed E-state index contributed by atoms with van der Waals surface area (Å²) in [5, 5.41) is 11.1. The summed E-state index contributed by atoms with van der Waals surface area (Å²) in [6, 6.07) is 6.20. The SMILES string of the molecule is CC(=O)N[C@@H](CS(=O)(=O)CC1Cc2ccccc21)C(=O)O. The molecule has 0 aliphatic heterocycles. The fourth-order valence-corrected chi connectivity index (χ4v) is 4.34. The molecule has 2 N–H and O–H groups in total. The topological polar surface area (TPSA) is 101 Å². The molecule has 1 aromatic rings. The van der Waals surface area contributed by atoms with Gasteiger partial charge in [-0.25, -0.2) is 13.2 Å². The molecule has 114 valence electrons. The van der Waals surface area contributed by atoms with E-state index >= 15 is 0 Å². The summed E-state index contributed by atoms with van der Waals surface area (Å²) < 4.78 is 24.3. The van der Waals surface area contributed by atoms with Crippen LogP contribution in [0.25, 0.3) is 0 Å². The van der Waals surface area contributed by atoms with Crippen LogP contribution in [-0.2, 0) is 25.8 Å². The van der Waals surface area contributed by atoms with Crippen LogP contribution < -0.4 is 5.32 Å². The van der Waals surface area contributed by atoms with E-state index < -0.39 is 33.5 Å². The number of hydrogen-bond donors (Lipinski definition) is 2. The Morgan fingerprint density at radius 2 is 2.05 bits per heavy atom. The first-order valence-corrected chi connectivity index (χ1v) is 8.39. The van der Waals surface area contributed by atoms with Gasteiger partial charge < -0.3 is 10.4 Å². The number of nitrogens with one attached hydrogen (secondary N) is 1. The molecule has 1 aliphatic rings. The number of carboxylic acid groups (broad SMARTS) is 1. The van der Waals surface area contributed by atoms with E-state index in [1.165, 1.54) is 0 Å². The van der Waals surface area contributed by atoms with Crippen LogP contribution >= 0.6 is 0 Å². The predicted octanol–water partition coefficient (Wildman–Crippen LogP) is 0.330. The van der Waals surface area contributed by atoms with Gasteiger partial charge in [0.05, 0.1) is 11.5 Å². The van der Waals surface area contributed by atoms with E-state index in [4.69, 9.17) is 5.11 Å². The van der Waals surface area contributed by atoms with Gasteiger partial charge in [-0.05, 0) is 17.5 Å². The molecule has 6 nitrogen and oxygen atoms in total. The van der Waals surface area contributed by atoms with Crippen molar-refractivity contribution in [3.8, 4) is 0 Å². The molecule has 0 radical (unpaired) electrons. The third-order valence-electron chi connectivity index (χ3n) is 3.51. The smallest absolute Gasteiger partial charge is 0.327 e. The van der Waals surface area contributed by atoms with E-state index in [2.05, 4.69) is 5.32 Å². The van der Waals surface area contributed by atoms with Crippen molar-refractivity contribution < 1.29 is 23.1 Å². The van der Waals surface area contributed by atoms with E-state index in [9.17, 15) is 18.0 Å². The van der Waals surface area contributed by atoms with Crippen LogP contribution in [0.2, 0.25) is 0 Å². The highest BCUT2D eigenvalue weighted by Crippen LogP contribution is 2.35. The Bertz CT molecular complexity index is 668. The lowest BCUT2D eigenvalue weighted by molar-refractivity contribution is -0.140. The van der Waals surface area contributed by atoms with Gasteiger partial charge in [0, 0.05) is 12.8 Å². The Kier molecular flexibility index (Phi) is 4.32. The number of carbonyl (C=O) groups is 2. The van der Waals surface area contributed by atoms with Crippen molar-refractivity contribution in [3.63, 3.8) is 0 Å². The molecule has 1 unspecified atom stereocenters. The molecule has 0 spiro atoms. The minimum absolute atomic E-state index is 0.0852. The van der Waals surface area contributed by atoms with Crippen LogP contribution in [0.1, 0.15) is 24.0 Å². The second-order valence-electron chi connectivity index (χ2n) is 5.27. The van der Waals surface area contributed by atoms with Crippen LogP contribution in [0.5, 0.6) is 0 Å². The van der Waals surface area contributed by atoms with Crippen LogP contribution in [0, 0.1) is 0 Å². The fraction of sp³-hybridized carbons (Fsp3) is 0.429. The fourth-order valence-electron chi connectivity index (χ4n) is 2.56. The van der Waals surface area contributed by atoms with E-state index in [1.54, 1.807) is 0 Å². The van der Waals surface area contributed by atoms with Gasteiger partial charge in [0.15, 0.2) is 9.84 Å². The average molecular weight is 311 g/mol. The van der Waals surface area contributed by atoms with Crippen molar-refractivity contribution in [2.24, 2.45) is 0 Å². The van der Waals surface area contributed by atoms with Crippen molar-refractivity contribution >= 4 is 21.7 Å². The minimum Gasteiger partial charge on any atom is -0.480 e. The maximum Gasteiger partial charge on any atom is 0.327 e. The molecule has 0 saturated heterocycles. The Labute approximate surface area is 123 Å². The Hall–Kier alpha value is -1.89. The number of sulfone groups is 1. The first-order chi connectivity index (χ1) is 9.78. The van der Waals surface area contributed by atoms with Gasteiger partial charge in [-0.3, -0.25) is 4.79 Å². The van der Waals surface area contributed by atoms with Crippen molar-refractivity contribution in [1.82, 2.24) is 5.32 Å². The summed E-state index contributed by atoms with van der Waals surface area (Å²) in [5.74, 6) is -2.67. The van der Waals surface area contributed by atoms with Crippen LogP contribution in [0.15, 0.2) is 24.3 Å². The molecule has 1 aromatic carbocycles. The Morgan fingerprint density at radius 1 is 1.38 bits per heavy atom. The normalized spacial score (nSPS) is 18.2. The van der Waals surface area contributed by atoms with Crippen molar-refractivity contribution in [3.05, 3.63) is 35.4 Å². The van der Waals surface area contributed by atoms with E-state index in [0.29, 0.717) is 6.42 Å². The number of aliphatic carboxylic acids is 1. The molecule has 0 aromatic heterocycles. The number of fused-ring (bicyclic) bond motifs is 1. The zero-order valence-electron chi connectivity index (χ0n) is 11.6. The predicted molar refractivity (Wildman–Crippen MR) is 76.8 cm³/mol. The number of carboxylic acids is 1. The molecular formula is C14H17NO5S. The molecule has 1 aliphatic carbocycles. The van der Waals surface area contributed by atoms with Gasteiger partial charge in [-0.2, -0.15) is 0 Å². The summed E-state index contributed by atoms with van der Waals surface area (Å²) in [7, 11) is -3.57. The third kappa shape index (κ3) is 3.81. The Morgan fingerprint density at radius 3 is 2.62 bits per heavy atom. The molecule has 0 saturated carbocycles. The number of amides is 1. The molecule has 0 heterocycles. The summed E-state index contributed by atoms with van der Waals surface area (Å²) in [6.07, 6.45) is 0.688. The second-order valence-corrected chi connectivity index (χ2v) is 7.42. The summed E-state index contributed by atoms with van der Waals surface area (Å²) in [6.45, 7) is 1.16. The first-order valence-electron chi connectivity index (χ1n) is 6.56. The zero-order valence-corrected chi connectivity index (χ0v) is 12.4. The van der Waals surface area contributed by atoms with Gasteiger partial charge in [0.1, 0.15) is 6.04 Å². The molecule has 2 atom stereocenters. The standard InChI is InChI=1S/C14H17NO5S/c1-9(16)15-13(14(17)18)8-21(19,20)7-11-6-10-4-2-3-5-12(10)11/h2-5,11,13H,6-8H2,1H3,(H,15,16)(H,17,18)/t11?,13-/m0/s1. The first kappa shape index (κ1) is 15.5. The van der Waals surface area contributed by atoms with E-state index in [0.717, 1.165) is 18.1 Å². The minimum atomic E-state index is -3.57. The van der Waals surface area contributed by atoms with Crippen LogP contribution in [-0.4, -0.2) is 42.9 Å². The van der Waals surface area contributed by atoms with Gasteiger partial charge in [-0.1, -0.05) is 24.3 Å². The van der Waals surface area contributed by atoms with Crippen molar-refractivity contribution in [1.29, 1.82) is 0 Å². The maximum absolute atomic E-state index is 12.1. The number of benzene rings is 1. The van der Waals surface area contributed by atoms with Crippen LogP contribution in [0.4, 0.5) is 0 Å². The molecule has 2 rings (SSSR count). The van der Waals surface area contributed by atoms with E-state index in [-0.39, 0.29) is 11.7 Å². The van der Waals surface area contributed by atoms with Gasteiger partial charge in [-0.15, -0.1) is 0 Å². The molecule has 1 amide bonds. The number of carbonyl (C=O) groups excluding carboxylic acids is 1. The highest BCUT2D eigenvalue weighted by Gasteiger charge is 2.33. The molecule has 21 heavy (non-hydrogen) atoms. The average Bonchev–Trinajstić information content (AvgIpc) is 2.34. The maximum atomic E-state index is 12.1. The monoisotopic (exact) mass is 311 g/mol. The zero-order chi connectivity index (χ0) is 15.6. The number of hydrogen-bond acceptors (Lipinski definition) is 4. The van der Waals surface area contributed by atoms with Gasteiger partial charge in [0.25, 0.3) is 0 Å². The van der Waals surface area contributed by atoms with Crippen molar-refractivity contribution in [2.45, 2.75) is 25.3 Å². The molecule has 7 heteroatoms. The van der Waals surface area contributed by atoms with Gasteiger partial charge in [0.2, 0.25) is 5.91 Å². The molecule has 0 bridgehead atoms. The van der Waals surface area contributed by atoms with Gasteiger partial charge >= 0.3 is 5.97 Å². The summed E-state index contributed by atoms with van der Waals surface area (Å²) in [5.41, 5.74) is 2.14. The van der Waals surface area contributed by atoms with Crippen molar-refractivity contribution in [2.75, 3.05) is 11.5 Å². The van der Waals surface area contributed by atoms with E-state index in [1.807, 2.05) is 24.3 Å². The molecule has 0 fully saturated rings. The molecular weight excluding hydrogens is 294 g/mol. The number of rotatable bonds is 6. The quantitative estimate of drug-likeness (QED) is 0.788. The lowest BCUT2D eigenvalue weighted by atomic mass is 9.79. The lowest BCUT2D eigenvalue weighted by Gasteiger charge is -2.30. The summed E-state index contributed by atoms with van der Waals surface area (Å²) in [4.78, 5) is 21.9. The van der Waals surface area contributed by atoms with Crippen LogP contribution in [0.3, 0.4) is 0 Å². The highest BCUT2D eigenvalue weighted by molar-refractivity contribution is 7.91. The third-order valence-corrected chi connectivity index (χ3v) is 5.26. The second kappa shape index (κ2) is 5.85. The lowest BCUT2D eigenvalue weighted by Crippen LogP contribution is -2.45. The largest absolute Gasteiger partial charge is 0.480 e.